The van der Waals surface area contributed by atoms with Crippen molar-refractivity contribution < 1.29 is 8.78 Å². The van der Waals surface area contributed by atoms with Crippen LogP contribution in [0.3, 0.4) is 0 Å². The highest BCUT2D eigenvalue weighted by Crippen LogP contribution is 2.05. The van der Waals surface area contributed by atoms with Crippen LogP contribution in [0.1, 0.15) is 0 Å². The Bertz CT molecular complexity index is 114. The van der Waals surface area contributed by atoms with Gasteiger partial charge in [0, 0.05) is 42.3 Å². The molecule has 0 saturated carbocycles. The van der Waals surface area contributed by atoms with E-state index in [1.54, 1.807) is 0 Å². The zero-order chi connectivity index (χ0) is 11.9. The van der Waals surface area contributed by atoms with E-state index in [0.29, 0.717) is 10.2 Å². The SMILES string of the molecule is CN(C)[S+](N(C)C)N(C)C.FC(F)[SiH2-]. The Labute approximate surface area is 92.2 Å². The van der Waals surface area contributed by atoms with Gasteiger partial charge in [0.1, 0.15) is 0 Å². The molecule has 3 nitrogen and oxygen atoms in total. The van der Waals surface area contributed by atoms with Gasteiger partial charge >= 0.3 is 0 Å². The molecule has 0 aromatic carbocycles. The minimum absolute atomic E-state index is 0.120. The topological polar surface area (TPSA) is 9.72 Å². The average Bonchev–Trinajstić information content (AvgIpc) is 1.80. The van der Waals surface area contributed by atoms with Crippen molar-refractivity contribution in [3.8, 4) is 0 Å². The summed E-state index contributed by atoms with van der Waals surface area (Å²) in [6, 6.07) is -2.14. The monoisotopic (exact) mass is 245 g/mol. The van der Waals surface area contributed by atoms with Crippen LogP contribution in [0.15, 0.2) is 0 Å². The number of hydrogen-bond donors (Lipinski definition) is 0. The zero-order valence-corrected chi connectivity index (χ0v) is 12.0. The largest absolute Gasteiger partial charge is 0.266 e. The summed E-state index contributed by atoms with van der Waals surface area (Å²) in [5.74, 6) is 0. The summed E-state index contributed by atoms with van der Waals surface area (Å²) < 4.78 is 27.3. The van der Waals surface area contributed by atoms with E-state index < -0.39 is 6.05 Å². The summed E-state index contributed by atoms with van der Waals surface area (Å²) in [4.78, 5) is 0. The summed E-state index contributed by atoms with van der Waals surface area (Å²) in [7, 11) is 13.2. The van der Waals surface area contributed by atoms with E-state index in [1.807, 2.05) is 0 Å². The summed E-state index contributed by atoms with van der Waals surface area (Å²) in [6.07, 6.45) is 0. The molecular formula is C7H21F2N3SSi. The lowest BCUT2D eigenvalue weighted by molar-refractivity contribution is 0.242. The Kier molecular flexibility index (Phi) is 10.3. The minimum atomic E-state index is -2.14. The maximum absolute atomic E-state index is 10.3. The van der Waals surface area contributed by atoms with Crippen molar-refractivity contribution in [2.45, 2.75) is 6.05 Å². The molecule has 7 heteroatoms. The Hall–Kier alpha value is 0.307. The molecule has 0 amide bonds. The van der Waals surface area contributed by atoms with Gasteiger partial charge in [-0.2, -0.15) is 0 Å². The molecule has 0 atom stereocenters. The number of rotatable bonds is 3. The van der Waals surface area contributed by atoms with E-state index in [2.05, 4.69) is 55.2 Å². The fourth-order valence-electron chi connectivity index (χ4n) is 0.980. The molecule has 0 aliphatic carbocycles. The van der Waals surface area contributed by atoms with Crippen molar-refractivity contribution in [1.29, 1.82) is 0 Å². The first kappa shape index (κ1) is 16.7. The molecule has 0 bridgehead atoms. The van der Waals surface area contributed by atoms with Crippen molar-refractivity contribution in [2.24, 2.45) is 0 Å². The van der Waals surface area contributed by atoms with Gasteiger partial charge in [-0.1, -0.05) is 12.9 Å². The smallest absolute Gasteiger partial charge is 0.254 e. The summed E-state index contributed by atoms with van der Waals surface area (Å²) >= 11 is 0.120. The first-order chi connectivity index (χ1) is 6.20. The molecule has 0 unspecified atom stereocenters. The van der Waals surface area contributed by atoms with E-state index in [1.165, 1.54) is 0 Å². The molecule has 0 aliphatic heterocycles. The van der Waals surface area contributed by atoms with Crippen LogP contribution in [0.4, 0.5) is 8.78 Å². The van der Waals surface area contributed by atoms with Gasteiger partial charge in [-0.25, -0.2) is 10.2 Å². The molecule has 0 saturated heterocycles. The number of halogens is 2. The highest BCUT2D eigenvalue weighted by atomic mass is 32.2. The van der Waals surface area contributed by atoms with Gasteiger partial charge in [-0.15, -0.1) is 0 Å². The van der Waals surface area contributed by atoms with Crippen LogP contribution in [-0.2, 0) is 11.5 Å². The number of hydrogen-bond acceptors (Lipinski definition) is 3. The Balaban J connectivity index is 0. The first-order valence-electron chi connectivity index (χ1n) is 4.08. The van der Waals surface area contributed by atoms with Gasteiger partial charge in [0.2, 0.25) is 0 Å². The normalized spacial score (nSPS) is 11.6. The highest BCUT2D eigenvalue weighted by molar-refractivity contribution is 7.90. The Morgan fingerprint density at radius 3 is 1.00 bits per heavy atom. The van der Waals surface area contributed by atoms with Gasteiger partial charge in [0.25, 0.3) is 11.5 Å². The average molecular weight is 245 g/mol. The lowest BCUT2D eigenvalue weighted by atomic mass is 11.2. The maximum atomic E-state index is 10.3. The Morgan fingerprint density at radius 2 is 1.00 bits per heavy atom. The van der Waals surface area contributed by atoms with E-state index in [9.17, 15) is 8.78 Å². The van der Waals surface area contributed by atoms with E-state index in [0.717, 1.165) is 0 Å². The van der Waals surface area contributed by atoms with E-state index >= 15 is 0 Å². The van der Waals surface area contributed by atoms with E-state index in [-0.39, 0.29) is 11.5 Å². The van der Waals surface area contributed by atoms with Gasteiger partial charge in [-0.3, -0.25) is 8.78 Å². The van der Waals surface area contributed by atoms with Crippen LogP contribution >= 0.6 is 0 Å². The molecule has 0 aromatic rings. The summed E-state index contributed by atoms with van der Waals surface area (Å²) in [5, 5.41) is 0. The number of nitrogens with zero attached hydrogens (tertiary/aromatic N) is 3. The molecule has 0 rings (SSSR count). The van der Waals surface area contributed by atoms with Gasteiger partial charge in [-0.05, 0) is 0 Å². The van der Waals surface area contributed by atoms with E-state index in [4.69, 9.17) is 0 Å². The van der Waals surface area contributed by atoms with Gasteiger partial charge < -0.3 is 0 Å². The predicted molar refractivity (Wildman–Crippen MR) is 63.0 cm³/mol. The van der Waals surface area contributed by atoms with Crippen molar-refractivity contribution in [1.82, 2.24) is 12.9 Å². The standard InChI is InChI=1S/C6H18N3S.CH3F2Si/c1-7(2)10(8(3)4)9(5)6;2-1(3)4/h1-6H3;1H,4H2/q+1;-1. The van der Waals surface area contributed by atoms with Crippen LogP contribution in [0.2, 0.25) is 0 Å². The molecule has 0 radical (unpaired) electrons. The molecule has 0 spiro atoms. The molecule has 0 aromatic heterocycles. The van der Waals surface area contributed by atoms with Gasteiger partial charge in [0.15, 0.2) is 0 Å². The van der Waals surface area contributed by atoms with Crippen molar-refractivity contribution in [3.05, 3.63) is 0 Å². The van der Waals surface area contributed by atoms with Crippen molar-refractivity contribution in [3.63, 3.8) is 0 Å². The third-order valence-corrected chi connectivity index (χ3v) is 2.94. The predicted octanol–water partition coefficient (Wildman–Crippen LogP) is -0.123. The fraction of sp³-hybridized carbons (Fsp3) is 1.00. The third-order valence-electron chi connectivity index (χ3n) is 0.980. The molecular weight excluding hydrogens is 224 g/mol. The third kappa shape index (κ3) is 10.4. The summed E-state index contributed by atoms with van der Waals surface area (Å²) in [5.41, 5.74) is 0. The zero-order valence-electron chi connectivity index (χ0n) is 9.79. The van der Waals surface area contributed by atoms with Crippen LogP contribution in [0.5, 0.6) is 0 Å². The second kappa shape index (κ2) is 8.60. The van der Waals surface area contributed by atoms with Crippen LogP contribution in [-0.4, -0.2) is 71.5 Å². The molecule has 88 valence electrons. The molecule has 0 aliphatic rings. The second-order valence-electron chi connectivity index (χ2n) is 3.07. The number of alkyl halides is 2. The molecule has 0 N–H and O–H groups in total. The Morgan fingerprint density at radius 1 is 0.857 bits per heavy atom. The van der Waals surface area contributed by atoms with Crippen LogP contribution in [0.25, 0.3) is 0 Å². The van der Waals surface area contributed by atoms with Crippen LogP contribution in [0, 0.1) is 0 Å². The van der Waals surface area contributed by atoms with Crippen molar-refractivity contribution >= 4 is 21.7 Å². The van der Waals surface area contributed by atoms with Crippen LogP contribution < -0.4 is 0 Å². The van der Waals surface area contributed by atoms with Gasteiger partial charge in [0.05, 0.1) is 6.05 Å². The quantitative estimate of drug-likeness (QED) is 0.507. The maximum Gasteiger partial charge on any atom is 0.266 e. The first-order valence-corrected chi connectivity index (χ1v) is 5.99. The summed E-state index contributed by atoms with van der Waals surface area (Å²) in [6.45, 7) is 0. The van der Waals surface area contributed by atoms with Crippen molar-refractivity contribution in [2.75, 3.05) is 42.3 Å². The lowest BCUT2D eigenvalue weighted by Gasteiger charge is -2.20. The minimum Gasteiger partial charge on any atom is -0.254 e. The second-order valence-corrected chi connectivity index (χ2v) is 6.37. The fourth-order valence-corrected chi connectivity index (χ4v) is 2.94. The molecule has 14 heavy (non-hydrogen) atoms. The molecule has 0 heterocycles. The lowest BCUT2D eigenvalue weighted by Crippen LogP contribution is -2.44. The highest BCUT2D eigenvalue weighted by Gasteiger charge is 2.29. The molecule has 0 fully saturated rings.